The summed E-state index contributed by atoms with van der Waals surface area (Å²) in [4.78, 5) is 11.6. The van der Waals surface area contributed by atoms with Gasteiger partial charge in [0.05, 0.1) is 7.11 Å². The topological polar surface area (TPSA) is 38.3 Å². The summed E-state index contributed by atoms with van der Waals surface area (Å²) in [5.74, 6) is 0.269. The lowest BCUT2D eigenvalue weighted by molar-refractivity contribution is -0.142. The number of rotatable bonds is 4. The van der Waals surface area contributed by atoms with Crippen LogP contribution >= 0.6 is 22.6 Å². The van der Waals surface area contributed by atoms with Gasteiger partial charge in [0.15, 0.2) is 0 Å². The van der Waals surface area contributed by atoms with Crippen LogP contribution in [0.4, 0.5) is 5.69 Å². The Balaban J connectivity index is 2.11. The van der Waals surface area contributed by atoms with E-state index in [9.17, 15) is 4.79 Å². The largest absolute Gasteiger partial charge is 0.467 e. The Morgan fingerprint density at radius 2 is 2.19 bits per heavy atom. The quantitative estimate of drug-likeness (QED) is 0.681. The maximum Gasteiger partial charge on any atom is 0.328 e. The molecule has 16 heavy (non-hydrogen) atoms. The van der Waals surface area contributed by atoms with Crippen molar-refractivity contribution in [1.29, 1.82) is 0 Å². The minimum atomic E-state index is -0.194. The van der Waals surface area contributed by atoms with Crippen LogP contribution in [0.2, 0.25) is 0 Å². The molecule has 0 bridgehead atoms. The number of carbonyl (C=O) groups is 1. The number of hydrogen-bond donors (Lipinski definition) is 1. The molecule has 4 heteroatoms. The summed E-state index contributed by atoms with van der Waals surface area (Å²) >= 11 is 2.26. The van der Waals surface area contributed by atoms with Crippen molar-refractivity contribution in [3.05, 3.63) is 27.8 Å². The van der Waals surface area contributed by atoms with Crippen molar-refractivity contribution < 1.29 is 9.53 Å². The van der Waals surface area contributed by atoms with E-state index in [0.717, 1.165) is 22.1 Å². The number of anilines is 1. The molecule has 1 aliphatic rings. The first kappa shape index (κ1) is 11.7. The molecule has 2 rings (SSSR count). The van der Waals surface area contributed by atoms with Crippen molar-refractivity contribution in [2.45, 2.75) is 18.9 Å². The van der Waals surface area contributed by atoms with Crippen LogP contribution in [-0.4, -0.2) is 19.1 Å². The molecule has 1 unspecified atom stereocenters. The summed E-state index contributed by atoms with van der Waals surface area (Å²) in [6.45, 7) is 0. The Hall–Kier alpha value is -0.780. The molecule has 1 fully saturated rings. The number of esters is 1. The van der Waals surface area contributed by atoms with Gasteiger partial charge >= 0.3 is 5.97 Å². The molecule has 0 spiro atoms. The van der Waals surface area contributed by atoms with Crippen LogP contribution in [0.5, 0.6) is 0 Å². The van der Waals surface area contributed by atoms with Crippen LogP contribution in [-0.2, 0) is 9.53 Å². The van der Waals surface area contributed by atoms with Gasteiger partial charge in [-0.05, 0) is 53.5 Å². The molecule has 1 aromatic rings. The van der Waals surface area contributed by atoms with Crippen LogP contribution in [0.1, 0.15) is 12.8 Å². The van der Waals surface area contributed by atoms with E-state index in [2.05, 4.69) is 27.9 Å². The molecule has 86 valence electrons. The first-order chi connectivity index (χ1) is 7.72. The number of nitrogens with one attached hydrogen (secondary N) is 1. The summed E-state index contributed by atoms with van der Waals surface area (Å²) in [6.07, 6.45) is 2.21. The fraction of sp³-hybridized carbons (Fsp3) is 0.417. The highest BCUT2D eigenvalue weighted by atomic mass is 127. The molecule has 0 aliphatic heterocycles. The van der Waals surface area contributed by atoms with E-state index in [0.29, 0.717) is 5.92 Å². The van der Waals surface area contributed by atoms with Crippen LogP contribution in [0.3, 0.4) is 0 Å². The number of ether oxygens (including phenoxy) is 1. The summed E-state index contributed by atoms with van der Waals surface area (Å²) in [5.41, 5.74) is 1.01. The second kappa shape index (κ2) is 5.03. The smallest absolute Gasteiger partial charge is 0.328 e. The normalized spacial score (nSPS) is 16.6. The third kappa shape index (κ3) is 2.66. The van der Waals surface area contributed by atoms with Crippen molar-refractivity contribution in [3.63, 3.8) is 0 Å². The van der Waals surface area contributed by atoms with E-state index in [-0.39, 0.29) is 12.0 Å². The van der Waals surface area contributed by atoms with Gasteiger partial charge in [0.25, 0.3) is 0 Å². The number of hydrogen-bond acceptors (Lipinski definition) is 3. The molecule has 0 amide bonds. The van der Waals surface area contributed by atoms with E-state index >= 15 is 0 Å². The van der Waals surface area contributed by atoms with Gasteiger partial charge in [-0.3, -0.25) is 0 Å². The highest BCUT2D eigenvalue weighted by Crippen LogP contribution is 2.35. The van der Waals surface area contributed by atoms with Gasteiger partial charge in [-0.25, -0.2) is 4.79 Å². The third-order valence-corrected chi connectivity index (χ3v) is 3.67. The standard InChI is InChI=1S/C12H14INO2/c1-16-12(15)11(8-6-7-8)14-10-5-3-2-4-9(10)13/h2-5,8,11,14H,6-7H2,1H3. The van der Waals surface area contributed by atoms with E-state index < -0.39 is 0 Å². The van der Waals surface area contributed by atoms with Gasteiger partial charge in [-0.1, -0.05) is 12.1 Å². The molecule has 1 aromatic carbocycles. The second-order valence-corrected chi connectivity index (χ2v) is 5.12. The Kier molecular flexibility index (Phi) is 3.68. The fourth-order valence-electron chi connectivity index (χ4n) is 1.67. The summed E-state index contributed by atoms with van der Waals surface area (Å²) in [7, 11) is 1.44. The van der Waals surface area contributed by atoms with Crippen LogP contribution < -0.4 is 5.32 Å². The van der Waals surface area contributed by atoms with Gasteiger partial charge in [0.1, 0.15) is 6.04 Å². The molecule has 0 aromatic heterocycles. The molecule has 3 nitrogen and oxygen atoms in total. The molecule has 0 radical (unpaired) electrons. The van der Waals surface area contributed by atoms with Crippen molar-refractivity contribution >= 4 is 34.2 Å². The predicted octanol–water partition coefficient (Wildman–Crippen LogP) is 2.65. The number of halogens is 1. The SMILES string of the molecule is COC(=O)C(Nc1ccccc1I)C1CC1. The van der Waals surface area contributed by atoms with E-state index in [1.54, 1.807) is 0 Å². The lowest BCUT2D eigenvalue weighted by atomic mass is 10.1. The number of para-hydroxylation sites is 1. The second-order valence-electron chi connectivity index (χ2n) is 3.96. The zero-order chi connectivity index (χ0) is 11.5. The minimum absolute atomic E-state index is 0.165. The molecular formula is C12H14INO2. The van der Waals surface area contributed by atoms with Crippen molar-refractivity contribution in [3.8, 4) is 0 Å². The Labute approximate surface area is 109 Å². The summed E-state index contributed by atoms with van der Waals surface area (Å²) < 4.78 is 5.94. The van der Waals surface area contributed by atoms with Crippen LogP contribution in [0.15, 0.2) is 24.3 Å². The van der Waals surface area contributed by atoms with Crippen LogP contribution in [0, 0.1) is 9.49 Å². The zero-order valence-corrected chi connectivity index (χ0v) is 11.2. The lowest BCUT2D eigenvalue weighted by Crippen LogP contribution is -2.32. The predicted molar refractivity (Wildman–Crippen MR) is 71.3 cm³/mol. The third-order valence-electron chi connectivity index (χ3n) is 2.73. The number of carbonyl (C=O) groups excluding carboxylic acids is 1. The molecular weight excluding hydrogens is 317 g/mol. The first-order valence-electron chi connectivity index (χ1n) is 5.31. The Morgan fingerprint density at radius 3 is 2.75 bits per heavy atom. The number of benzene rings is 1. The van der Waals surface area contributed by atoms with Crippen molar-refractivity contribution in [2.24, 2.45) is 5.92 Å². The van der Waals surface area contributed by atoms with Crippen molar-refractivity contribution in [2.75, 3.05) is 12.4 Å². The molecule has 1 N–H and O–H groups in total. The molecule has 0 heterocycles. The average molecular weight is 331 g/mol. The Bertz CT molecular complexity index is 390. The highest BCUT2D eigenvalue weighted by Gasteiger charge is 2.37. The molecule has 1 atom stereocenters. The maximum atomic E-state index is 11.6. The minimum Gasteiger partial charge on any atom is -0.467 e. The van der Waals surface area contributed by atoms with Crippen molar-refractivity contribution in [1.82, 2.24) is 0 Å². The van der Waals surface area contributed by atoms with E-state index in [4.69, 9.17) is 4.74 Å². The maximum absolute atomic E-state index is 11.6. The van der Waals surface area contributed by atoms with Gasteiger partial charge in [0.2, 0.25) is 0 Å². The monoisotopic (exact) mass is 331 g/mol. The fourth-order valence-corrected chi connectivity index (χ4v) is 2.21. The molecule has 1 aliphatic carbocycles. The van der Waals surface area contributed by atoms with E-state index in [1.807, 2.05) is 24.3 Å². The summed E-state index contributed by atoms with van der Waals surface area (Å²) in [6, 6.07) is 7.76. The highest BCUT2D eigenvalue weighted by molar-refractivity contribution is 14.1. The molecule has 1 saturated carbocycles. The van der Waals surface area contributed by atoms with Gasteiger partial charge in [0, 0.05) is 9.26 Å². The van der Waals surface area contributed by atoms with Gasteiger partial charge < -0.3 is 10.1 Å². The first-order valence-corrected chi connectivity index (χ1v) is 6.39. The average Bonchev–Trinajstić information content (AvgIpc) is 3.11. The van der Waals surface area contributed by atoms with Gasteiger partial charge in [-0.15, -0.1) is 0 Å². The number of methoxy groups -OCH3 is 1. The van der Waals surface area contributed by atoms with E-state index in [1.165, 1.54) is 7.11 Å². The zero-order valence-electron chi connectivity index (χ0n) is 9.07. The lowest BCUT2D eigenvalue weighted by Gasteiger charge is -2.17. The molecule has 0 saturated heterocycles. The van der Waals surface area contributed by atoms with Gasteiger partial charge in [-0.2, -0.15) is 0 Å². The summed E-state index contributed by atoms with van der Waals surface area (Å²) in [5, 5.41) is 3.28. The van der Waals surface area contributed by atoms with Crippen LogP contribution in [0.25, 0.3) is 0 Å². The Morgan fingerprint density at radius 1 is 1.50 bits per heavy atom.